The number of ether oxygens (including phenoxy) is 2. The minimum absolute atomic E-state index is 0.0341. The van der Waals surface area contributed by atoms with Crippen molar-refractivity contribution in [3.63, 3.8) is 0 Å². The van der Waals surface area contributed by atoms with Crippen molar-refractivity contribution in [3.05, 3.63) is 59.2 Å². The van der Waals surface area contributed by atoms with Crippen molar-refractivity contribution < 1.29 is 19.1 Å². The highest BCUT2D eigenvalue weighted by molar-refractivity contribution is 6.35. The monoisotopic (exact) mass is 337 g/mol. The summed E-state index contributed by atoms with van der Waals surface area (Å²) in [6.07, 6.45) is 1.84. The van der Waals surface area contributed by atoms with Gasteiger partial charge in [-0.05, 0) is 38.1 Å². The Bertz CT molecular complexity index is 868. The lowest BCUT2D eigenvalue weighted by Gasteiger charge is -2.12. The molecule has 3 rings (SSSR count). The largest absolute Gasteiger partial charge is 0.490 e. The molecule has 0 unspecified atom stereocenters. The first-order valence-corrected chi connectivity index (χ1v) is 8.01. The SMILES string of the molecule is COC(=O)c1ccc2c(c1)NC(=O)/C2=C\c1ccccc1OC(C)C. The molecule has 0 bridgehead atoms. The molecule has 5 heteroatoms. The van der Waals surface area contributed by atoms with E-state index in [1.165, 1.54) is 7.11 Å². The second kappa shape index (κ2) is 6.81. The maximum absolute atomic E-state index is 12.4. The Balaban J connectivity index is 2.02. The topological polar surface area (TPSA) is 64.6 Å². The number of esters is 1. The van der Waals surface area contributed by atoms with E-state index in [1.54, 1.807) is 24.3 Å². The molecule has 5 nitrogen and oxygen atoms in total. The number of benzene rings is 2. The number of methoxy groups -OCH3 is 1. The van der Waals surface area contributed by atoms with Crippen LogP contribution in [0.15, 0.2) is 42.5 Å². The van der Waals surface area contributed by atoms with E-state index in [2.05, 4.69) is 5.32 Å². The van der Waals surface area contributed by atoms with Crippen molar-refractivity contribution in [3.8, 4) is 5.75 Å². The highest BCUT2D eigenvalue weighted by Gasteiger charge is 2.25. The van der Waals surface area contributed by atoms with E-state index in [1.807, 2.05) is 38.1 Å². The number of para-hydroxylation sites is 1. The van der Waals surface area contributed by atoms with Crippen LogP contribution in [0, 0.1) is 0 Å². The summed E-state index contributed by atoms with van der Waals surface area (Å²) >= 11 is 0. The van der Waals surface area contributed by atoms with Gasteiger partial charge in [0.25, 0.3) is 5.91 Å². The van der Waals surface area contributed by atoms with Gasteiger partial charge in [0.2, 0.25) is 0 Å². The molecule has 2 aromatic rings. The highest BCUT2D eigenvalue weighted by atomic mass is 16.5. The van der Waals surface area contributed by atoms with Crippen LogP contribution >= 0.6 is 0 Å². The third kappa shape index (κ3) is 3.40. The summed E-state index contributed by atoms with van der Waals surface area (Å²) in [6, 6.07) is 12.6. The van der Waals surface area contributed by atoms with Gasteiger partial charge >= 0.3 is 5.97 Å². The summed E-state index contributed by atoms with van der Waals surface area (Å²) in [4.78, 5) is 24.0. The average Bonchev–Trinajstić information content (AvgIpc) is 2.90. The smallest absolute Gasteiger partial charge is 0.337 e. The Morgan fingerprint density at radius 1 is 1.16 bits per heavy atom. The van der Waals surface area contributed by atoms with Crippen LogP contribution in [0.1, 0.15) is 35.3 Å². The summed E-state index contributed by atoms with van der Waals surface area (Å²) in [7, 11) is 1.32. The molecule has 0 atom stereocenters. The van der Waals surface area contributed by atoms with Crippen molar-refractivity contribution in [2.45, 2.75) is 20.0 Å². The number of amides is 1. The molecule has 1 heterocycles. The molecule has 0 aliphatic carbocycles. The van der Waals surface area contributed by atoms with Gasteiger partial charge in [0.05, 0.1) is 18.8 Å². The fourth-order valence-electron chi connectivity index (χ4n) is 2.70. The number of fused-ring (bicyclic) bond motifs is 1. The fraction of sp³-hybridized carbons (Fsp3) is 0.200. The van der Waals surface area contributed by atoms with Crippen molar-refractivity contribution >= 4 is 29.2 Å². The molecule has 1 amide bonds. The van der Waals surface area contributed by atoms with Crippen LogP contribution < -0.4 is 10.1 Å². The summed E-state index contributed by atoms with van der Waals surface area (Å²) in [5.41, 5.74) is 3.10. The second-order valence-corrected chi connectivity index (χ2v) is 5.97. The maximum Gasteiger partial charge on any atom is 0.337 e. The van der Waals surface area contributed by atoms with Gasteiger partial charge in [-0.25, -0.2) is 4.79 Å². The van der Waals surface area contributed by atoms with Gasteiger partial charge in [-0.3, -0.25) is 4.79 Å². The lowest BCUT2D eigenvalue weighted by atomic mass is 10.0. The van der Waals surface area contributed by atoms with Gasteiger partial charge in [-0.1, -0.05) is 24.3 Å². The van der Waals surface area contributed by atoms with Crippen molar-refractivity contribution in [1.29, 1.82) is 0 Å². The Labute approximate surface area is 146 Å². The standard InChI is InChI=1S/C20H19NO4/c1-12(2)25-18-7-5-4-6-13(18)10-16-15-9-8-14(20(23)24-3)11-17(15)21-19(16)22/h4-12H,1-3H3,(H,21,22)/b16-10-. The molecule has 0 radical (unpaired) electrons. The Morgan fingerprint density at radius 3 is 2.64 bits per heavy atom. The normalized spacial score (nSPS) is 14.4. The zero-order valence-corrected chi connectivity index (χ0v) is 14.3. The molecule has 0 fully saturated rings. The predicted molar refractivity (Wildman–Crippen MR) is 96.5 cm³/mol. The first-order chi connectivity index (χ1) is 12.0. The molecule has 1 aliphatic heterocycles. The van der Waals surface area contributed by atoms with Gasteiger partial charge < -0.3 is 14.8 Å². The summed E-state index contributed by atoms with van der Waals surface area (Å²) in [5.74, 6) is 0.0685. The molecular formula is C20H19NO4. The lowest BCUT2D eigenvalue weighted by molar-refractivity contribution is -0.110. The van der Waals surface area contributed by atoms with E-state index in [-0.39, 0.29) is 12.0 Å². The van der Waals surface area contributed by atoms with Gasteiger partial charge in [-0.2, -0.15) is 0 Å². The predicted octanol–water partition coefficient (Wildman–Crippen LogP) is 3.75. The number of carbonyl (C=O) groups excluding carboxylic acids is 2. The Hall–Kier alpha value is -3.08. The molecule has 0 aromatic heterocycles. The second-order valence-electron chi connectivity index (χ2n) is 5.97. The zero-order valence-electron chi connectivity index (χ0n) is 14.3. The molecule has 0 spiro atoms. The summed E-state index contributed by atoms with van der Waals surface area (Å²) < 4.78 is 10.5. The molecule has 128 valence electrons. The number of hydrogen-bond donors (Lipinski definition) is 1. The molecule has 2 aromatic carbocycles. The minimum Gasteiger partial charge on any atom is -0.490 e. The van der Waals surface area contributed by atoms with Crippen LogP contribution in [0.5, 0.6) is 5.75 Å². The van der Waals surface area contributed by atoms with Gasteiger partial charge in [-0.15, -0.1) is 0 Å². The van der Waals surface area contributed by atoms with Crippen LogP contribution in [-0.2, 0) is 9.53 Å². The number of rotatable bonds is 4. The van der Waals surface area contributed by atoms with Crippen LogP contribution in [0.2, 0.25) is 0 Å². The fourth-order valence-corrected chi connectivity index (χ4v) is 2.70. The molecule has 25 heavy (non-hydrogen) atoms. The van der Waals surface area contributed by atoms with E-state index in [4.69, 9.17) is 9.47 Å². The summed E-state index contributed by atoms with van der Waals surface area (Å²) in [6.45, 7) is 3.91. The van der Waals surface area contributed by atoms with Gasteiger partial charge in [0.1, 0.15) is 5.75 Å². The third-order valence-corrected chi connectivity index (χ3v) is 3.81. The van der Waals surface area contributed by atoms with E-state index in [0.29, 0.717) is 16.8 Å². The number of anilines is 1. The first kappa shape index (κ1) is 16.8. The van der Waals surface area contributed by atoms with Gasteiger partial charge in [0, 0.05) is 22.4 Å². The van der Waals surface area contributed by atoms with Crippen molar-refractivity contribution in [2.75, 3.05) is 12.4 Å². The molecule has 1 N–H and O–H groups in total. The molecular weight excluding hydrogens is 318 g/mol. The number of hydrogen-bond acceptors (Lipinski definition) is 4. The van der Waals surface area contributed by atoms with Crippen LogP contribution in [-0.4, -0.2) is 25.1 Å². The Kier molecular flexibility index (Phi) is 4.57. The van der Waals surface area contributed by atoms with E-state index >= 15 is 0 Å². The van der Waals surface area contributed by atoms with Crippen molar-refractivity contribution in [2.24, 2.45) is 0 Å². The maximum atomic E-state index is 12.4. The van der Waals surface area contributed by atoms with E-state index in [9.17, 15) is 9.59 Å². The van der Waals surface area contributed by atoms with E-state index < -0.39 is 5.97 Å². The first-order valence-electron chi connectivity index (χ1n) is 8.01. The van der Waals surface area contributed by atoms with Crippen LogP contribution in [0.25, 0.3) is 11.6 Å². The number of nitrogens with one attached hydrogen (secondary N) is 1. The zero-order chi connectivity index (χ0) is 18.0. The Morgan fingerprint density at radius 2 is 1.92 bits per heavy atom. The van der Waals surface area contributed by atoms with E-state index in [0.717, 1.165) is 16.9 Å². The van der Waals surface area contributed by atoms with Crippen molar-refractivity contribution in [1.82, 2.24) is 0 Å². The van der Waals surface area contributed by atoms with Crippen LogP contribution in [0.3, 0.4) is 0 Å². The third-order valence-electron chi connectivity index (χ3n) is 3.81. The van der Waals surface area contributed by atoms with Crippen LogP contribution in [0.4, 0.5) is 5.69 Å². The summed E-state index contributed by atoms with van der Waals surface area (Å²) in [5, 5.41) is 2.79. The molecule has 0 saturated heterocycles. The number of carbonyl (C=O) groups is 2. The van der Waals surface area contributed by atoms with Gasteiger partial charge in [0.15, 0.2) is 0 Å². The molecule has 1 aliphatic rings. The molecule has 0 saturated carbocycles. The quantitative estimate of drug-likeness (QED) is 0.682. The average molecular weight is 337 g/mol. The lowest BCUT2D eigenvalue weighted by Crippen LogP contribution is -2.07. The minimum atomic E-state index is -0.440. The highest BCUT2D eigenvalue weighted by Crippen LogP contribution is 2.35.